The predicted octanol–water partition coefficient (Wildman–Crippen LogP) is 2.56. The Labute approximate surface area is 116 Å². The molecule has 0 unspecified atom stereocenters. The summed E-state index contributed by atoms with van der Waals surface area (Å²) in [6, 6.07) is 0.485. The van der Waals surface area contributed by atoms with Gasteiger partial charge in [0.25, 0.3) is 0 Å². The SMILES string of the molecule is CC(C)CNCc1nnnn1C1CCC(C)(C)CC1. The van der Waals surface area contributed by atoms with Crippen LogP contribution >= 0.6 is 0 Å². The quantitative estimate of drug-likeness (QED) is 0.889. The molecule has 1 aliphatic carbocycles. The van der Waals surface area contributed by atoms with Crippen LogP contribution in [0.3, 0.4) is 0 Å². The van der Waals surface area contributed by atoms with E-state index in [4.69, 9.17) is 0 Å². The molecule has 1 fully saturated rings. The van der Waals surface area contributed by atoms with E-state index in [0.29, 0.717) is 17.4 Å². The maximum atomic E-state index is 4.20. The average molecular weight is 265 g/mol. The van der Waals surface area contributed by atoms with Crippen molar-refractivity contribution in [1.29, 1.82) is 0 Å². The molecule has 2 rings (SSSR count). The van der Waals surface area contributed by atoms with E-state index < -0.39 is 0 Å². The summed E-state index contributed by atoms with van der Waals surface area (Å²) in [6.07, 6.45) is 4.90. The van der Waals surface area contributed by atoms with Crippen molar-refractivity contribution in [3.8, 4) is 0 Å². The first-order valence-electron chi connectivity index (χ1n) is 7.45. The Balaban J connectivity index is 1.92. The second-order valence-electron chi connectivity index (χ2n) is 6.96. The maximum absolute atomic E-state index is 4.20. The molecule has 108 valence electrons. The van der Waals surface area contributed by atoms with E-state index >= 15 is 0 Å². The number of aromatic nitrogens is 4. The number of nitrogens with zero attached hydrogens (tertiary/aromatic N) is 4. The lowest BCUT2D eigenvalue weighted by Gasteiger charge is -2.34. The van der Waals surface area contributed by atoms with E-state index in [1.54, 1.807) is 0 Å². The highest BCUT2D eigenvalue weighted by Crippen LogP contribution is 2.39. The Morgan fingerprint density at radius 3 is 2.63 bits per heavy atom. The highest BCUT2D eigenvalue weighted by atomic mass is 15.6. The third-order valence-electron chi connectivity index (χ3n) is 4.05. The number of nitrogens with one attached hydrogen (secondary N) is 1. The molecule has 0 bridgehead atoms. The van der Waals surface area contributed by atoms with E-state index in [9.17, 15) is 0 Å². The Morgan fingerprint density at radius 1 is 1.32 bits per heavy atom. The second-order valence-corrected chi connectivity index (χ2v) is 6.96. The van der Waals surface area contributed by atoms with Gasteiger partial charge in [-0.05, 0) is 54.0 Å². The fourth-order valence-electron chi connectivity index (χ4n) is 2.71. The summed E-state index contributed by atoms with van der Waals surface area (Å²) < 4.78 is 2.04. The maximum Gasteiger partial charge on any atom is 0.165 e. The molecule has 0 spiro atoms. The lowest BCUT2D eigenvalue weighted by Crippen LogP contribution is -2.27. The zero-order chi connectivity index (χ0) is 13.9. The average Bonchev–Trinajstić information content (AvgIpc) is 2.77. The minimum absolute atomic E-state index is 0.485. The summed E-state index contributed by atoms with van der Waals surface area (Å²) in [7, 11) is 0. The fraction of sp³-hybridized carbons (Fsp3) is 0.929. The van der Waals surface area contributed by atoms with Crippen LogP contribution in [0.5, 0.6) is 0 Å². The molecule has 1 aliphatic rings. The van der Waals surface area contributed by atoms with Crippen molar-refractivity contribution in [3.05, 3.63) is 5.82 Å². The van der Waals surface area contributed by atoms with E-state index in [0.717, 1.165) is 18.9 Å². The number of hydrogen-bond donors (Lipinski definition) is 1. The first kappa shape index (κ1) is 14.4. The Bertz CT molecular complexity index is 386. The second kappa shape index (κ2) is 5.99. The van der Waals surface area contributed by atoms with Crippen LogP contribution in [0.4, 0.5) is 0 Å². The Hall–Kier alpha value is -0.970. The molecule has 1 aromatic rings. The van der Waals surface area contributed by atoms with Gasteiger partial charge in [0.05, 0.1) is 12.6 Å². The fourth-order valence-corrected chi connectivity index (χ4v) is 2.71. The topological polar surface area (TPSA) is 55.6 Å². The van der Waals surface area contributed by atoms with Crippen molar-refractivity contribution in [2.75, 3.05) is 6.54 Å². The molecule has 0 amide bonds. The summed E-state index contributed by atoms with van der Waals surface area (Å²) in [4.78, 5) is 0. The molecule has 1 aromatic heterocycles. The summed E-state index contributed by atoms with van der Waals surface area (Å²) in [5.41, 5.74) is 0.487. The van der Waals surface area contributed by atoms with Crippen LogP contribution in [0.1, 0.15) is 65.2 Å². The van der Waals surface area contributed by atoms with Gasteiger partial charge in [0, 0.05) is 0 Å². The third-order valence-corrected chi connectivity index (χ3v) is 4.05. The number of hydrogen-bond acceptors (Lipinski definition) is 4. The van der Waals surface area contributed by atoms with Crippen LogP contribution in [0.2, 0.25) is 0 Å². The van der Waals surface area contributed by atoms with Gasteiger partial charge < -0.3 is 5.32 Å². The number of rotatable bonds is 5. The molecule has 1 saturated carbocycles. The van der Waals surface area contributed by atoms with Crippen LogP contribution < -0.4 is 5.32 Å². The van der Waals surface area contributed by atoms with Crippen molar-refractivity contribution in [2.45, 2.75) is 66.0 Å². The monoisotopic (exact) mass is 265 g/mol. The van der Waals surface area contributed by atoms with E-state index in [2.05, 4.69) is 48.5 Å². The summed E-state index contributed by atoms with van der Waals surface area (Å²) in [5, 5.41) is 15.6. The van der Waals surface area contributed by atoms with Gasteiger partial charge in [0.1, 0.15) is 0 Å². The van der Waals surface area contributed by atoms with Crippen LogP contribution in [0, 0.1) is 11.3 Å². The zero-order valence-corrected chi connectivity index (χ0v) is 12.7. The van der Waals surface area contributed by atoms with Crippen molar-refractivity contribution in [2.24, 2.45) is 11.3 Å². The van der Waals surface area contributed by atoms with Gasteiger partial charge >= 0.3 is 0 Å². The molecule has 5 heteroatoms. The van der Waals surface area contributed by atoms with Gasteiger partial charge in [-0.25, -0.2) is 4.68 Å². The normalized spacial score (nSPS) is 20.1. The molecule has 1 N–H and O–H groups in total. The first-order valence-corrected chi connectivity index (χ1v) is 7.45. The lowest BCUT2D eigenvalue weighted by molar-refractivity contribution is 0.182. The van der Waals surface area contributed by atoms with Gasteiger partial charge in [0.15, 0.2) is 5.82 Å². The standard InChI is InChI=1S/C14H27N5/c1-11(2)9-15-10-13-16-17-18-19(13)12-5-7-14(3,4)8-6-12/h11-12,15H,5-10H2,1-4H3. The summed E-state index contributed by atoms with van der Waals surface area (Å²) in [5.74, 6) is 1.63. The van der Waals surface area contributed by atoms with Gasteiger partial charge in [-0.2, -0.15) is 0 Å². The number of tetrazole rings is 1. The lowest BCUT2D eigenvalue weighted by atomic mass is 9.75. The molecular formula is C14H27N5. The largest absolute Gasteiger partial charge is 0.310 e. The molecule has 0 radical (unpaired) electrons. The third kappa shape index (κ3) is 4.00. The molecular weight excluding hydrogens is 238 g/mol. The molecule has 0 aromatic carbocycles. The molecule has 0 saturated heterocycles. The molecule has 5 nitrogen and oxygen atoms in total. The van der Waals surface area contributed by atoms with Crippen LogP contribution in [-0.2, 0) is 6.54 Å². The molecule has 0 atom stereocenters. The van der Waals surface area contributed by atoms with Crippen LogP contribution in [0.25, 0.3) is 0 Å². The van der Waals surface area contributed by atoms with Crippen molar-refractivity contribution in [1.82, 2.24) is 25.5 Å². The van der Waals surface area contributed by atoms with Gasteiger partial charge in [0.2, 0.25) is 0 Å². The van der Waals surface area contributed by atoms with Crippen molar-refractivity contribution >= 4 is 0 Å². The Morgan fingerprint density at radius 2 is 2.00 bits per heavy atom. The van der Waals surface area contributed by atoms with E-state index in [1.807, 2.05) is 4.68 Å². The summed E-state index contributed by atoms with van der Waals surface area (Å²) >= 11 is 0. The van der Waals surface area contributed by atoms with E-state index in [1.165, 1.54) is 25.7 Å². The molecule has 1 heterocycles. The first-order chi connectivity index (χ1) is 8.98. The highest BCUT2D eigenvalue weighted by Gasteiger charge is 2.29. The highest BCUT2D eigenvalue weighted by molar-refractivity contribution is 4.88. The van der Waals surface area contributed by atoms with E-state index in [-0.39, 0.29) is 0 Å². The van der Waals surface area contributed by atoms with Crippen LogP contribution in [0.15, 0.2) is 0 Å². The van der Waals surface area contributed by atoms with Crippen molar-refractivity contribution < 1.29 is 0 Å². The molecule has 19 heavy (non-hydrogen) atoms. The Kier molecular flexibility index (Phi) is 4.55. The summed E-state index contributed by atoms with van der Waals surface area (Å²) in [6.45, 7) is 10.9. The van der Waals surface area contributed by atoms with Gasteiger partial charge in [-0.15, -0.1) is 5.10 Å². The smallest absolute Gasteiger partial charge is 0.165 e. The van der Waals surface area contributed by atoms with Crippen molar-refractivity contribution in [3.63, 3.8) is 0 Å². The predicted molar refractivity (Wildman–Crippen MR) is 75.6 cm³/mol. The zero-order valence-electron chi connectivity index (χ0n) is 12.7. The minimum atomic E-state index is 0.485. The van der Waals surface area contributed by atoms with Crippen LogP contribution in [-0.4, -0.2) is 26.8 Å². The molecule has 0 aliphatic heterocycles. The van der Waals surface area contributed by atoms with Gasteiger partial charge in [-0.1, -0.05) is 27.7 Å². The minimum Gasteiger partial charge on any atom is -0.310 e. The van der Waals surface area contributed by atoms with Gasteiger partial charge in [-0.3, -0.25) is 0 Å².